The Morgan fingerprint density at radius 3 is 2.79 bits per heavy atom. The van der Waals surface area contributed by atoms with E-state index in [1.165, 1.54) is 18.5 Å². The van der Waals surface area contributed by atoms with Crippen LogP contribution < -0.4 is 10.1 Å². The molecule has 0 aliphatic heterocycles. The Bertz CT molecular complexity index is 835. The van der Waals surface area contributed by atoms with E-state index < -0.39 is 6.36 Å². The van der Waals surface area contributed by atoms with Gasteiger partial charge in [-0.1, -0.05) is 18.2 Å². The van der Waals surface area contributed by atoms with E-state index in [-0.39, 0.29) is 17.7 Å². The molecule has 1 aliphatic rings. The van der Waals surface area contributed by atoms with Gasteiger partial charge in [-0.15, -0.1) is 13.2 Å². The van der Waals surface area contributed by atoms with Crippen LogP contribution in [-0.2, 0) is 13.6 Å². The van der Waals surface area contributed by atoms with Crippen LogP contribution in [0.25, 0.3) is 0 Å². The zero-order valence-electron chi connectivity index (χ0n) is 15.9. The average Bonchev–Trinajstić information content (AvgIpc) is 3.27. The lowest BCUT2D eigenvalue weighted by Crippen LogP contribution is -2.40. The zero-order valence-corrected chi connectivity index (χ0v) is 15.9. The number of aryl methyl sites for hydroxylation is 1. The summed E-state index contributed by atoms with van der Waals surface area (Å²) < 4.78 is 43.8. The molecule has 1 N–H and O–H groups in total. The molecule has 1 saturated carbocycles. The average molecular weight is 396 g/mol. The summed E-state index contributed by atoms with van der Waals surface area (Å²) in [4.78, 5) is 10.6. The molecule has 1 aliphatic carbocycles. The number of halogens is 3. The number of rotatable bonds is 6. The van der Waals surface area contributed by atoms with E-state index >= 15 is 0 Å². The number of benzene rings is 1. The van der Waals surface area contributed by atoms with Crippen LogP contribution in [0.2, 0.25) is 0 Å². The highest BCUT2D eigenvalue weighted by Crippen LogP contribution is 2.45. The number of ether oxygens (including phenoxy) is 1. The van der Waals surface area contributed by atoms with Gasteiger partial charge in [0, 0.05) is 32.6 Å². The third-order valence-electron chi connectivity index (χ3n) is 4.50. The minimum Gasteiger partial charge on any atom is -0.405 e. The number of nitrogens with one attached hydrogen (secondary N) is 1. The Labute approximate surface area is 161 Å². The van der Waals surface area contributed by atoms with Crippen molar-refractivity contribution < 1.29 is 17.9 Å². The summed E-state index contributed by atoms with van der Waals surface area (Å²) in [5, 5.41) is 7.40. The standard InChI is InChI=1S/C18H23F3N6O/c1-4-22-17(26(2)10-16-23-11-24-27(16)3)25-14-9-13(14)12-7-5-6-8-15(12)28-18(19,20)21/h5-8,11,13-14H,4,9-10H2,1-3H3,(H,22,25). The van der Waals surface area contributed by atoms with Gasteiger partial charge in [-0.25, -0.2) is 4.98 Å². The van der Waals surface area contributed by atoms with Crippen molar-refractivity contribution >= 4 is 5.96 Å². The molecule has 2 aromatic rings. The van der Waals surface area contributed by atoms with Crippen molar-refractivity contribution in [3.05, 3.63) is 42.0 Å². The largest absolute Gasteiger partial charge is 0.573 e. The fraction of sp³-hybridized carbons (Fsp3) is 0.500. The van der Waals surface area contributed by atoms with E-state index in [0.717, 1.165) is 5.82 Å². The third-order valence-corrected chi connectivity index (χ3v) is 4.50. The second-order valence-corrected chi connectivity index (χ2v) is 6.63. The molecule has 7 nitrogen and oxygen atoms in total. The molecule has 0 saturated heterocycles. The summed E-state index contributed by atoms with van der Waals surface area (Å²) in [6.45, 7) is 3.01. The summed E-state index contributed by atoms with van der Waals surface area (Å²) in [6.07, 6.45) is -2.51. The number of alkyl halides is 3. The van der Waals surface area contributed by atoms with Crippen LogP contribution in [0.1, 0.15) is 30.7 Å². The summed E-state index contributed by atoms with van der Waals surface area (Å²) in [6, 6.07) is 6.26. The Kier molecular flexibility index (Phi) is 5.76. The van der Waals surface area contributed by atoms with E-state index in [0.29, 0.717) is 31.0 Å². The van der Waals surface area contributed by atoms with Crippen LogP contribution in [0.3, 0.4) is 0 Å². The van der Waals surface area contributed by atoms with Crippen LogP contribution in [-0.4, -0.2) is 51.6 Å². The topological polar surface area (TPSA) is 67.6 Å². The van der Waals surface area contributed by atoms with Crippen LogP contribution in [0.15, 0.2) is 35.6 Å². The van der Waals surface area contributed by atoms with Crippen molar-refractivity contribution in [3.8, 4) is 5.75 Å². The van der Waals surface area contributed by atoms with Crippen molar-refractivity contribution in [3.63, 3.8) is 0 Å². The maximum absolute atomic E-state index is 12.7. The maximum Gasteiger partial charge on any atom is 0.573 e. The van der Waals surface area contributed by atoms with Crippen molar-refractivity contribution in [1.82, 2.24) is 25.0 Å². The predicted octanol–water partition coefficient (Wildman–Crippen LogP) is 2.67. The highest BCUT2D eigenvalue weighted by molar-refractivity contribution is 5.80. The first-order chi connectivity index (χ1) is 13.3. The van der Waals surface area contributed by atoms with Crippen LogP contribution in [0, 0.1) is 0 Å². The molecule has 0 spiro atoms. The SMILES string of the molecule is CCN=C(NC1CC1c1ccccc1OC(F)(F)F)N(C)Cc1ncnn1C. The third kappa shape index (κ3) is 4.93. The van der Waals surface area contributed by atoms with Gasteiger partial charge in [0.25, 0.3) is 0 Å². The Hall–Kier alpha value is -2.78. The molecule has 10 heteroatoms. The van der Waals surface area contributed by atoms with Crippen molar-refractivity contribution in [1.29, 1.82) is 0 Å². The molecule has 1 aromatic carbocycles. The molecule has 1 heterocycles. The minimum atomic E-state index is -4.71. The van der Waals surface area contributed by atoms with E-state index in [1.807, 2.05) is 25.9 Å². The zero-order chi connectivity index (χ0) is 20.3. The molecule has 0 bridgehead atoms. The minimum absolute atomic E-state index is 0.00905. The monoisotopic (exact) mass is 396 g/mol. The number of nitrogens with zero attached hydrogens (tertiary/aromatic N) is 5. The Balaban J connectivity index is 1.67. The van der Waals surface area contributed by atoms with E-state index in [9.17, 15) is 13.2 Å². The first-order valence-corrected chi connectivity index (χ1v) is 8.98. The molecule has 3 rings (SSSR count). The lowest BCUT2D eigenvalue weighted by molar-refractivity contribution is -0.274. The van der Waals surface area contributed by atoms with E-state index in [1.54, 1.807) is 16.8 Å². The summed E-state index contributed by atoms with van der Waals surface area (Å²) in [5.41, 5.74) is 0.545. The molecule has 28 heavy (non-hydrogen) atoms. The van der Waals surface area contributed by atoms with E-state index in [2.05, 4.69) is 25.1 Å². The predicted molar refractivity (Wildman–Crippen MR) is 97.9 cm³/mol. The molecular formula is C18H23F3N6O. The number of guanidine groups is 1. The first kappa shape index (κ1) is 20.0. The summed E-state index contributed by atoms with van der Waals surface area (Å²) in [7, 11) is 3.70. The van der Waals surface area contributed by atoms with Crippen molar-refractivity contribution in [2.75, 3.05) is 13.6 Å². The van der Waals surface area contributed by atoms with Gasteiger partial charge >= 0.3 is 6.36 Å². The molecule has 152 valence electrons. The molecular weight excluding hydrogens is 373 g/mol. The second kappa shape index (κ2) is 8.07. The van der Waals surface area contributed by atoms with Crippen molar-refractivity contribution in [2.24, 2.45) is 12.0 Å². The van der Waals surface area contributed by atoms with Gasteiger partial charge in [0.05, 0.1) is 6.54 Å². The first-order valence-electron chi connectivity index (χ1n) is 8.98. The molecule has 1 aromatic heterocycles. The van der Waals surface area contributed by atoms with Crippen LogP contribution in [0.4, 0.5) is 13.2 Å². The maximum atomic E-state index is 12.7. The normalized spacial score (nSPS) is 19.4. The fourth-order valence-corrected chi connectivity index (χ4v) is 3.05. The molecule has 0 radical (unpaired) electrons. The lowest BCUT2D eigenvalue weighted by Gasteiger charge is -2.22. The number of hydrogen-bond donors (Lipinski definition) is 1. The van der Waals surface area contributed by atoms with Gasteiger partial charge in [0.2, 0.25) is 0 Å². The molecule has 2 atom stereocenters. The quantitative estimate of drug-likeness (QED) is 0.601. The van der Waals surface area contributed by atoms with E-state index in [4.69, 9.17) is 0 Å². The Morgan fingerprint density at radius 1 is 1.39 bits per heavy atom. The van der Waals surface area contributed by atoms with Gasteiger partial charge < -0.3 is 15.0 Å². The number of hydrogen-bond acceptors (Lipinski definition) is 4. The summed E-state index contributed by atoms with van der Waals surface area (Å²) >= 11 is 0. The van der Waals surface area contributed by atoms with Gasteiger partial charge in [0.1, 0.15) is 17.9 Å². The highest BCUT2D eigenvalue weighted by Gasteiger charge is 2.42. The highest BCUT2D eigenvalue weighted by atomic mass is 19.4. The van der Waals surface area contributed by atoms with Crippen molar-refractivity contribution in [2.45, 2.75) is 38.2 Å². The van der Waals surface area contributed by atoms with Crippen LogP contribution in [0.5, 0.6) is 5.75 Å². The molecule has 0 amide bonds. The number of aliphatic imine (C=N–C) groups is 1. The van der Waals surface area contributed by atoms with Gasteiger partial charge in [-0.3, -0.25) is 9.67 Å². The van der Waals surface area contributed by atoms with Gasteiger partial charge in [-0.2, -0.15) is 5.10 Å². The van der Waals surface area contributed by atoms with Crippen LogP contribution >= 0.6 is 0 Å². The number of para-hydroxylation sites is 1. The van der Waals surface area contributed by atoms with Gasteiger partial charge in [0.15, 0.2) is 5.96 Å². The molecule has 1 fully saturated rings. The van der Waals surface area contributed by atoms with Gasteiger partial charge in [-0.05, 0) is 25.0 Å². The Morgan fingerprint density at radius 2 is 2.14 bits per heavy atom. The number of aromatic nitrogens is 3. The summed E-state index contributed by atoms with van der Waals surface area (Å²) in [5.74, 6) is 1.24. The fourth-order valence-electron chi connectivity index (χ4n) is 3.05. The lowest BCUT2D eigenvalue weighted by atomic mass is 10.1. The second-order valence-electron chi connectivity index (χ2n) is 6.63. The smallest absolute Gasteiger partial charge is 0.405 e. The molecule has 2 unspecified atom stereocenters.